The van der Waals surface area contributed by atoms with E-state index in [-0.39, 0.29) is 13.1 Å². The van der Waals surface area contributed by atoms with E-state index in [4.69, 9.17) is 34.7 Å². The van der Waals surface area contributed by atoms with Crippen LogP contribution < -0.4 is 0 Å². The van der Waals surface area contributed by atoms with Crippen LogP contribution >= 0.6 is 23.2 Å². The molecule has 0 saturated carbocycles. The smallest absolute Gasteiger partial charge is 0.317 e. The van der Waals surface area contributed by atoms with Gasteiger partial charge in [0.1, 0.15) is 0 Å². The Morgan fingerprint density at radius 1 is 1.41 bits per heavy atom. The lowest BCUT2D eigenvalue weighted by molar-refractivity contribution is -0.138. The monoisotopic (exact) mass is 271 g/mol. The van der Waals surface area contributed by atoms with E-state index in [9.17, 15) is 4.79 Å². The van der Waals surface area contributed by atoms with Gasteiger partial charge in [-0.05, 0) is 17.7 Å². The van der Waals surface area contributed by atoms with Crippen molar-refractivity contribution in [2.45, 2.75) is 6.54 Å². The molecule has 0 unspecified atom stereocenters. The summed E-state index contributed by atoms with van der Waals surface area (Å²) in [4.78, 5) is 12.3. The number of nitrogens with zero attached hydrogens (tertiary/aromatic N) is 1. The molecule has 1 rings (SSSR count). The molecule has 1 N–H and O–H groups in total. The van der Waals surface area contributed by atoms with Gasteiger partial charge in [-0.15, -0.1) is 6.42 Å². The zero-order valence-electron chi connectivity index (χ0n) is 8.99. The van der Waals surface area contributed by atoms with Gasteiger partial charge in [0.25, 0.3) is 0 Å². The van der Waals surface area contributed by atoms with Crippen LogP contribution in [0.1, 0.15) is 5.56 Å². The molecule has 1 aromatic rings. The Hall–Kier alpha value is -1.21. The van der Waals surface area contributed by atoms with Crippen molar-refractivity contribution in [2.75, 3.05) is 13.1 Å². The molecule has 3 nitrogen and oxygen atoms in total. The van der Waals surface area contributed by atoms with E-state index < -0.39 is 5.97 Å². The van der Waals surface area contributed by atoms with E-state index in [0.29, 0.717) is 16.6 Å². The maximum Gasteiger partial charge on any atom is 0.317 e. The molecule has 0 aliphatic heterocycles. The largest absolute Gasteiger partial charge is 0.480 e. The highest BCUT2D eigenvalue weighted by Crippen LogP contribution is 2.23. The fraction of sp³-hybridized carbons (Fsp3) is 0.250. The molecular weight excluding hydrogens is 261 g/mol. The second-order valence-corrected chi connectivity index (χ2v) is 4.31. The summed E-state index contributed by atoms with van der Waals surface area (Å²) in [6, 6.07) is 5.17. The molecule has 0 aliphatic carbocycles. The predicted molar refractivity (Wildman–Crippen MR) is 68.2 cm³/mol. The highest BCUT2D eigenvalue weighted by atomic mass is 35.5. The van der Waals surface area contributed by atoms with Gasteiger partial charge in [0.15, 0.2) is 0 Å². The zero-order chi connectivity index (χ0) is 12.8. The van der Waals surface area contributed by atoms with Crippen LogP contribution in [0.15, 0.2) is 18.2 Å². The third kappa shape index (κ3) is 4.66. The van der Waals surface area contributed by atoms with Crippen LogP contribution in [0, 0.1) is 12.3 Å². The van der Waals surface area contributed by atoms with Crippen molar-refractivity contribution >= 4 is 29.2 Å². The summed E-state index contributed by atoms with van der Waals surface area (Å²) >= 11 is 11.7. The Morgan fingerprint density at radius 3 is 2.65 bits per heavy atom. The normalized spacial score (nSPS) is 10.2. The number of halogens is 2. The van der Waals surface area contributed by atoms with Crippen molar-refractivity contribution in [3.63, 3.8) is 0 Å². The van der Waals surface area contributed by atoms with Gasteiger partial charge in [0.05, 0.1) is 23.1 Å². The van der Waals surface area contributed by atoms with Gasteiger partial charge in [-0.2, -0.15) is 0 Å². The topological polar surface area (TPSA) is 40.5 Å². The molecule has 0 saturated heterocycles. The lowest BCUT2D eigenvalue weighted by Gasteiger charge is -2.17. The van der Waals surface area contributed by atoms with Crippen molar-refractivity contribution in [3.8, 4) is 12.3 Å². The Labute approximate surface area is 110 Å². The standard InChI is InChI=1S/C12H11Cl2NO2/c1-2-5-15(8-12(16)17)7-9-3-4-10(13)11(14)6-9/h1,3-4,6H,5,7-8H2,(H,16,17). The summed E-state index contributed by atoms with van der Waals surface area (Å²) in [5.74, 6) is 1.51. The van der Waals surface area contributed by atoms with Crippen molar-refractivity contribution < 1.29 is 9.90 Å². The Morgan fingerprint density at radius 2 is 2.12 bits per heavy atom. The van der Waals surface area contributed by atoms with E-state index in [1.54, 1.807) is 23.1 Å². The average Bonchev–Trinajstić information content (AvgIpc) is 2.23. The lowest BCUT2D eigenvalue weighted by atomic mass is 10.2. The summed E-state index contributed by atoms with van der Waals surface area (Å²) in [6.07, 6.45) is 5.18. The van der Waals surface area contributed by atoms with Gasteiger partial charge in [-0.3, -0.25) is 9.69 Å². The summed E-state index contributed by atoms with van der Waals surface area (Å²) in [5, 5.41) is 9.64. The molecular formula is C12H11Cl2NO2. The van der Waals surface area contributed by atoms with Crippen molar-refractivity contribution in [2.24, 2.45) is 0 Å². The highest BCUT2D eigenvalue weighted by Gasteiger charge is 2.10. The maximum absolute atomic E-state index is 10.6. The minimum absolute atomic E-state index is 0.107. The van der Waals surface area contributed by atoms with Gasteiger partial charge >= 0.3 is 5.97 Å². The number of terminal acetylenes is 1. The van der Waals surface area contributed by atoms with Crippen molar-refractivity contribution in [3.05, 3.63) is 33.8 Å². The Balaban J connectivity index is 2.75. The number of aliphatic carboxylic acids is 1. The summed E-state index contributed by atoms with van der Waals surface area (Å²) in [5.41, 5.74) is 0.871. The first-order chi connectivity index (χ1) is 8.02. The summed E-state index contributed by atoms with van der Waals surface area (Å²) in [7, 11) is 0. The number of hydrogen-bond acceptors (Lipinski definition) is 2. The van der Waals surface area contributed by atoms with Crippen LogP contribution in [0.25, 0.3) is 0 Å². The first kappa shape index (κ1) is 13.9. The number of benzene rings is 1. The molecule has 0 radical (unpaired) electrons. The zero-order valence-corrected chi connectivity index (χ0v) is 10.5. The summed E-state index contributed by atoms with van der Waals surface area (Å²) in [6.45, 7) is 0.588. The van der Waals surface area contributed by atoms with E-state index in [2.05, 4.69) is 5.92 Å². The Kier molecular flexibility index (Phi) is 5.30. The fourth-order valence-corrected chi connectivity index (χ4v) is 1.70. The number of rotatable bonds is 5. The molecule has 0 heterocycles. The Bertz CT molecular complexity index is 454. The molecule has 0 aliphatic rings. The summed E-state index contributed by atoms with van der Waals surface area (Å²) < 4.78 is 0. The quantitative estimate of drug-likeness (QED) is 0.837. The number of hydrogen-bond donors (Lipinski definition) is 1. The molecule has 17 heavy (non-hydrogen) atoms. The van der Waals surface area contributed by atoms with Crippen LogP contribution in [-0.2, 0) is 11.3 Å². The minimum atomic E-state index is -0.916. The highest BCUT2D eigenvalue weighted by molar-refractivity contribution is 6.42. The number of carboxylic acids is 1. The second kappa shape index (κ2) is 6.51. The first-order valence-corrected chi connectivity index (χ1v) is 5.60. The molecule has 0 aromatic heterocycles. The molecule has 1 aromatic carbocycles. The van der Waals surface area contributed by atoms with Crippen LogP contribution in [-0.4, -0.2) is 29.1 Å². The lowest BCUT2D eigenvalue weighted by Crippen LogP contribution is -2.29. The number of carboxylic acid groups (broad SMARTS) is 1. The molecule has 0 fully saturated rings. The number of carbonyl (C=O) groups is 1. The fourth-order valence-electron chi connectivity index (χ4n) is 1.38. The molecule has 90 valence electrons. The van der Waals surface area contributed by atoms with Gasteiger partial charge in [-0.1, -0.05) is 35.2 Å². The molecule has 0 bridgehead atoms. The van der Waals surface area contributed by atoms with Crippen LogP contribution in [0.3, 0.4) is 0 Å². The van der Waals surface area contributed by atoms with Gasteiger partial charge in [0.2, 0.25) is 0 Å². The van der Waals surface area contributed by atoms with Crippen LogP contribution in [0.2, 0.25) is 10.0 Å². The van der Waals surface area contributed by atoms with Crippen molar-refractivity contribution in [1.29, 1.82) is 0 Å². The average molecular weight is 272 g/mol. The van der Waals surface area contributed by atoms with E-state index in [0.717, 1.165) is 5.56 Å². The molecule has 0 amide bonds. The van der Waals surface area contributed by atoms with E-state index >= 15 is 0 Å². The van der Waals surface area contributed by atoms with Gasteiger partial charge in [-0.25, -0.2) is 0 Å². The third-order valence-corrected chi connectivity index (χ3v) is 2.80. The van der Waals surface area contributed by atoms with Gasteiger partial charge < -0.3 is 5.11 Å². The third-order valence-electron chi connectivity index (χ3n) is 2.06. The molecule has 0 atom stereocenters. The van der Waals surface area contributed by atoms with Crippen LogP contribution in [0.5, 0.6) is 0 Å². The van der Waals surface area contributed by atoms with E-state index in [1.807, 2.05) is 0 Å². The van der Waals surface area contributed by atoms with Crippen molar-refractivity contribution in [1.82, 2.24) is 4.90 Å². The SMILES string of the molecule is C#CCN(CC(=O)O)Cc1ccc(Cl)c(Cl)c1. The molecule has 5 heteroatoms. The molecule has 0 spiro atoms. The second-order valence-electron chi connectivity index (χ2n) is 3.49. The maximum atomic E-state index is 10.6. The van der Waals surface area contributed by atoms with E-state index in [1.165, 1.54) is 0 Å². The van der Waals surface area contributed by atoms with Crippen LogP contribution in [0.4, 0.5) is 0 Å². The predicted octanol–water partition coefficient (Wildman–Crippen LogP) is 2.51. The minimum Gasteiger partial charge on any atom is -0.480 e. The first-order valence-electron chi connectivity index (χ1n) is 4.84. The van der Waals surface area contributed by atoms with Gasteiger partial charge in [0, 0.05) is 6.54 Å².